The Kier molecular flexibility index (Phi) is 5.58. The van der Waals surface area contributed by atoms with E-state index in [0.29, 0.717) is 11.3 Å². The van der Waals surface area contributed by atoms with Crippen LogP contribution >= 0.6 is 0 Å². The van der Waals surface area contributed by atoms with E-state index in [0.717, 1.165) is 37.3 Å². The fraction of sp³-hybridized carbons (Fsp3) is 0.250. The maximum Gasteiger partial charge on any atom is 0.259 e. The third kappa shape index (κ3) is 4.30. The SMILES string of the molecule is COc1ccc(C)cc1C(=O)Nc1cncc2c1CCN(Cc1ccccc1)C2. The van der Waals surface area contributed by atoms with Gasteiger partial charge in [-0.1, -0.05) is 42.0 Å². The molecule has 0 unspecified atom stereocenters. The number of aromatic nitrogens is 1. The molecule has 1 aliphatic heterocycles. The number of anilines is 1. The second kappa shape index (κ2) is 8.45. The summed E-state index contributed by atoms with van der Waals surface area (Å²) in [5.74, 6) is 0.396. The van der Waals surface area contributed by atoms with Crippen molar-refractivity contribution >= 4 is 11.6 Å². The van der Waals surface area contributed by atoms with Crippen molar-refractivity contribution in [3.05, 3.63) is 88.7 Å². The number of ether oxygens (including phenoxy) is 1. The van der Waals surface area contributed by atoms with Crippen LogP contribution in [0.4, 0.5) is 5.69 Å². The van der Waals surface area contributed by atoms with Crippen LogP contribution in [0.25, 0.3) is 0 Å². The molecule has 1 amide bonds. The number of benzene rings is 2. The number of aryl methyl sites for hydroxylation is 1. The molecule has 4 rings (SSSR count). The van der Waals surface area contributed by atoms with E-state index in [1.165, 1.54) is 16.7 Å². The second-order valence-corrected chi connectivity index (χ2v) is 7.43. The Balaban J connectivity index is 1.52. The van der Waals surface area contributed by atoms with Gasteiger partial charge in [-0.3, -0.25) is 14.7 Å². The molecule has 2 aromatic carbocycles. The summed E-state index contributed by atoms with van der Waals surface area (Å²) in [6.07, 6.45) is 4.53. The van der Waals surface area contributed by atoms with Crippen molar-refractivity contribution in [1.82, 2.24) is 9.88 Å². The zero-order chi connectivity index (χ0) is 20.2. The average Bonchev–Trinajstić information content (AvgIpc) is 2.74. The van der Waals surface area contributed by atoms with Crippen LogP contribution in [0.5, 0.6) is 5.75 Å². The molecule has 148 valence electrons. The zero-order valence-electron chi connectivity index (χ0n) is 16.8. The minimum Gasteiger partial charge on any atom is -0.496 e. The first-order valence-corrected chi connectivity index (χ1v) is 9.82. The summed E-state index contributed by atoms with van der Waals surface area (Å²) >= 11 is 0. The number of nitrogens with one attached hydrogen (secondary N) is 1. The first kappa shape index (κ1) is 19.2. The number of carbonyl (C=O) groups excluding carboxylic acids is 1. The molecule has 5 nitrogen and oxygen atoms in total. The molecule has 0 saturated carbocycles. The maximum absolute atomic E-state index is 12.9. The largest absolute Gasteiger partial charge is 0.496 e. The standard InChI is InChI=1S/C24H25N3O2/c1-17-8-9-23(29-2)21(12-17)24(28)26-22-14-25-13-19-16-27(11-10-20(19)22)15-18-6-4-3-5-7-18/h3-9,12-14H,10-11,15-16H2,1-2H3,(H,26,28). The van der Waals surface area contributed by atoms with E-state index in [2.05, 4.69) is 39.5 Å². The predicted octanol–water partition coefficient (Wildman–Crippen LogP) is 4.21. The molecule has 0 spiro atoms. The van der Waals surface area contributed by atoms with Gasteiger partial charge in [-0.2, -0.15) is 0 Å². The normalized spacial score (nSPS) is 13.6. The van der Waals surface area contributed by atoms with E-state index >= 15 is 0 Å². The zero-order valence-corrected chi connectivity index (χ0v) is 16.8. The lowest BCUT2D eigenvalue weighted by Crippen LogP contribution is -2.31. The average molecular weight is 387 g/mol. The lowest BCUT2D eigenvalue weighted by atomic mass is 9.99. The number of methoxy groups -OCH3 is 1. The summed E-state index contributed by atoms with van der Waals surface area (Å²) in [5, 5.41) is 3.05. The summed E-state index contributed by atoms with van der Waals surface area (Å²) in [4.78, 5) is 19.7. The summed E-state index contributed by atoms with van der Waals surface area (Å²) < 4.78 is 5.36. The summed E-state index contributed by atoms with van der Waals surface area (Å²) in [5.41, 5.74) is 5.98. The van der Waals surface area contributed by atoms with Crippen molar-refractivity contribution in [2.45, 2.75) is 26.4 Å². The van der Waals surface area contributed by atoms with Crippen LogP contribution in [0.3, 0.4) is 0 Å². The number of carbonyl (C=O) groups is 1. The van der Waals surface area contributed by atoms with Crippen molar-refractivity contribution in [3.63, 3.8) is 0 Å². The smallest absolute Gasteiger partial charge is 0.259 e. The molecule has 2 heterocycles. The highest BCUT2D eigenvalue weighted by molar-refractivity contribution is 6.06. The van der Waals surface area contributed by atoms with Gasteiger partial charge in [0.1, 0.15) is 5.75 Å². The predicted molar refractivity (Wildman–Crippen MR) is 114 cm³/mol. The van der Waals surface area contributed by atoms with Crippen molar-refractivity contribution < 1.29 is 9.53 Å². The molecule has 0 bridgehead atoms. The molecule has 5 heteroatoms. The number of rotatable bonds is 5. The fourth-order valence-corrected chi connectivity index (χ4v) is 3.83. The molecule has 0 fully saturated rings. The van der Waals surface area contributed by atoms with Gasteiger partial charge in [-0.15, -0.1) is 0 Å². The molecule has 29 heavy (non-hydrogen) atoms. The Morgan fingerprint density at radius 2 is 2.00 bits per heavy atom. The molecule has 1 N–H and O–H groups in total. The van der Waals surface area contributed by atoms with E-state index in [1.807, 2.05) is 37.4 Å². The third-order valence-corrected chi connectivity index (χ3v) is 5.32. The Hall–Kier alpha value is -3.18. The van der Waals surface area contributed by atoms with Gasteiger partial charge in [0, 0.05) is 25.8 Å². The van der Waals surface area contributed by atoms with Crippen LogP contribution in [-0.4, -0.2) is 29.4 Å². The molecule has 0 saturated heterocycles. The minimum atomic E-state index is -0.174. The topological polar surface area (TPSA) is 54.5 Å². The molecule has 1 aromatic heterocycles. The van der Waals surface area contributed by atoms with Gasteiger partial charge in [0.15, 0.2) is 0 Å². The molecular weight excluding hydrogens is 362 g/mol. The first-order valence-electron chi connectivity index (χ1n) is 9.82. The Morgan fingerprint density at radius 1 is 1.17 bits per heavy atom. The highest BCUT2D eigenvalue weighted by Gasteiger charge is 2.21. The highest BCUT2D eigenvalue weighted by atomic mass is 16.5. The monoisotopic (exact) mass is 387 g/mol. The quantitative estimate of drug-likeness (QED) is 0.713. The molecule has 0 radical (unpaired) electrons. The third-order valence-electron chi connectivity index (χ3n) is 5.32. The lowest BCUT2D eigenvalue weighted by molar-refractivity contribution is 0.102. The van der Waals surface area contributed by atoms with E-state index in [1.54, 1.807) is 13.3 Å². The molecule has 1 aliphatic rings. The van der Waals surface area contributed by atoms with Gasteiger partial charge in [0.2, 0.25) is 0 Å². The van der Waals surface area contributed by atoms with E-state index in [4.69, 9.17) is 4.74 Å². The van der Waals surface area contributed by atoms with Crippen LogP contribution in [0, 0.1) is 6.92 Å². The van der Waals surface area contributed by atoms with Gasteiger partial charge >= 0.3 is 0 Å². The number of pyridine rings is 1. The van der Waals surface area contributed by atoms with E-state index < -0.39 is 0 Å². The van der Waals surface area contributed by atoms with Gasteiger partial charge in [0.05, 0.1) is 24.6 Å². The van der Waals surface area contributed by atoms with E-state index in [9.17, 15) is 4.79 Å². The van der Waals surface area contributed by atoms with Crippen LogP contribution in [0.15, 0.2) is 60.9 Å². The van der Waals surface area contributed by atoms with Crippen molar-refractivity contribution in [2.24, 2.45) is 0 Å². The summed E-state index contributed by atoms with van der Waals surface area (Å²) in [7, 11) is 1.58. The molecule has 0 atom stereocenters. The van der Waals surface area contributed by atoms with Crippen LogP contribution in [0.1, 0.15) is 32.6 Å². The highest BCUT2D eigenvalue weighted by Crippen LogP contribution is 2.28. The lowest BCUT2D eigenvalue weighted by Gasteiger charge is -2.29. The number of amides is 1. The minimum absolute atomic E-state index is 0.174. The van der Waals surface area contributed by atoms with Crippen molar-refractivity contribution in [2.75, 3.05) is 19.0 Å². The number of fused-ring (bicyclic) bond motifs is 1. The van der Waals surface area contributed by atoms with Crippen molar-refractivity contribution in [3.8, 4) is 5.75 Å². The first-order chi connectivity index (χ1) is 14.1. The van der Waals surface area contributed by atoms with Crippen LogP contribution in [-0.2, 0) is 19.5 Å². The van der Waals surface area contributed by atoms with Gasteiger partial charge < -0.3 is 10.1 Å². The Labute approximate surface area is 171 Å². The van der Waals surface area contributed by atoms with Crippen LogP contribution in [0.2, 0.25) is 0 Å². The van der Waals surface area contributed by atoms with E-state index in [-0.39, 0.29) is 5.91 Å². The Bertz CT molecular complexity index is 1020. The van der Waals surface area contributed by atoms with Crippen molar-refractivity contribution in [1.29, 1.82) is 0 Å². The molecular formula is C24H25N3O2. The number of nitrogens with zero attached hydrogens (tertiary/aromatic N) is 2. The van der Waals surface area contributed by atoms with Gasteiger partial charge in [0.25, 0.3) is 5.91 Å². The summed E-state index contributed by atoms with van der Waals surface area (Å²) in [6.45, 7) is 4.65. The summed E-state index contributed by atoms with van der Waals surface area (Å²) in [6, 6.07) is 16.1. The number of hydrogen-bond donors (Lipinski definition) is 1. The molecule has 0 aliphatic carbocycles. The second-order valence-electron chi connectivity index (χ2n) is 7.43. The maximum atomic E-state index is 12.9. The Morgan fingerprint density at radius 3 is 2.79 bits per heavy atom. The fourth-order valence-electron chi connectivity index (χ4n) is 3.83. The van der Waals surface area contributed by atoms with Crippen LogP contribution < -0.4 is 10.1 Å². The van der Waals surface area contributed by atoms with Gasteiger partial charge in [-0.05, 0) is 42.2 Å². The number of hydrogen-bond acceptors (Lipinski definition) is 4. The van der Waals surface area contributed by atoms with Gasteiger partial charge in [-0.25, -0.2) is 0 Å². The molecule has 3 aromatic rings.